The molecule has 1 saturated carbocycles. The number of fused-ring (bicyclic) bond motifs is 1. The molecule has 0 spiro atoms. The molecule has 1 aliphatic heterocycles. The number of nitriles is 1. The molecule has 3 aromatic rings. The van der Waals surface area contributed by atoms with Gasteiger partial charge in [0.2, 0.25) is 5.91 Å². The molecule has 5 rings (SSSR count). The highest BCUT2D eigenvalue weighted by Gasteiger charge is 2.26. The lowest BCUT2D eigenvalue weighted by Gasteiger charge is -2.35. The number of nitrogens with zero attached hydrogens (tertiary/aromatic N) is 5. The molecule has 1 amide bonds. The van der Waals surface area contributed by atoms with Crippen LogP contribution in [0.1, 0.15) is 42.5 Å². The lowest BCUT2D eigenvalue weighted by atomic mass is 9.79. The molecule has 1 N–H and O–H groups in total. The maximum atomic E-state index is 11.5. The van der Waals surface area contributed by atoms with Crippen molar-refractivity contribution in [3.63, 3.8) is 0 Å². The molecule has 2 fully saturated rings. The smallest absolute Gasteiger partial charge is 0.219 e. The SMILES string of the molecule is CC(=O)N1CCN(c2ccc(Nc3cc4c(C5CCC5)c(C#N)sc4cn3)nc2)CC1. The van der Waals surface area contributed by atoms with Gasteiger partial charge >= 0.3 is 0 Å². The van der Waals surface area contributed by atoms with E-state index < -0.39 is 0 Å². The van der Waals surface area contributed by atoms with Crippen LogP contribution in [-0.2, 0) is 4.79 Å². The maximum absolute atomic E-state index is 11.5. The third kappa shape index (κ3) is 3.81. The van der Waals surface area contributed by atoms with Crippen molar-refractivity contribution in [3.8, 4) is 6.07 Å². The summed E-state index contributed by atoms with van der Waals surface area (Å²) in [5, 5.41) is 14.0. The predicted octanol–water partition coefficient (Wildman–Crippen LogP) is 4.24. The van der Waals surface area contributed by atoms with Gasteiger partial charge < -0.3 is 15.1 Å². The molecular formula is C23H24N6OS. The Morgan fingerprint density at radius 1 is 1.16 bits per heavy atom. The van der Waals surface area contributed by atoms with Crippen molar-refractivity contribution in [2.24, 2.45) is 0 Å². The first-order valence-electron chi connectivity index (χ1n) is 10.7. The Bertz CT molecular complexity index is 1150. The number of carbonyl (C=O) groups excluding carboxylic acids is 1. The second kappa shape index (κ2) is 8.16. The average Bonchev–Trinajstić information content (AvgIpc) is 3.11. The Balaban J connectivity index is 1.32. The number of carbonyl (C=O) groups is 1. The van der Waals surface area contributed by atoms with Gasteiger partial charge in [0.05, 0.1) is 16.6 Å². The largest absolute Gasteiger partial charge is 0.367 e. The number of anilines is 3. The number of hydrogen-bond donors (Lipinski definition) is 1. The Morgan fingerprint density at radius 3 is 2.55 bits per heavy atom. The third-order valence-electron chi connectivity index (χ3n) is 6.32. The van der Waals surface area contributed by atoms with Crippen LogP contribution in [0.3, 0.4) is 0 Å². The van der Waals surface area contributed by atoms with Crippen molar-refractivity contribution in [2.45, 2.75) is 32.1 Å². The van der Waals surface area contributed by atoms with E-state index >= 15 is 0 Å². The summed E-state index contributed by atoms with van der Waals surface area (Å²) in [6, 6.07) is 8.44. The molecule has 0 aromatic carbocycles. The second-order valence-corrected chi connectivity index (χ2v) is 9.22. The molecule has 1 saturated heterocycles. The van der Waals surface area contributed by atoms with Gasteiger partial charge in [0.15, 0.2) is 0 Å². The van der Waals surface area contributed by atoms with Crippen LogP contribution < -0.4 is 10.2 Å². The zero-order chi connectivity index (χ0) is 21.4. The lowest BCUT2D eigenvalue weighted by molar-refractivity contribution is -0.129. The average molecular weight is 433 g/mol. The number of rotatable bonds is 4. The number of amides is 1. The van der Waals surface area contributed by atoms with E-state index in [0.717, 1.165) is 71.3 Å². The first-order chi connectivity index (χ1) is 15.1. The minimum atomic E-state index is 0.134. The molecule has 0 bridgehead atoms. The summed E-state index contributed by atoms with van der Waals surface area (Å²) in [6.45, 7) is 4.74. The van der Waals surface area contributed by atoms with Crippen LogP contribution in [0, 0.1) is 11.3 Å². The van der Waals surface area contributed by atoms with Gasteiger partial charge in [0.1, 0.15) is 22.6 Å². The van der Waals surface area contributed by atoms with Crippen molar-refractivity contribution in [2.75, 3.05) is 36.4 Å². The first kappa shape index (κ1) is 19.8. The zero-order valence-electron chi connectivity index (χ0n) is 17.5. The van der Waals surface area contributed by atoms with Crippen LogP contribution in [0.25, 0.3) is 10.1 Å². The fraction of sp³-hybridized carbons (Fsp3) is 0.391. The highest BCUT2D eigenvalue weighted by Crippen LogP contribution is 2.45. The third-order valence-corrected chi connectivity index (χ3v) is 7.38. The standard InChI is InChI=1S/C23H24N6OS/c1-15(30)28-7-9-29(10-8-28)17-5-6-21(25-13-17)27-22-11-18-20(14-26-22)31-19(12-24)23(18)16-3-2-4-16/h5-6,11,13-14,16H,2-4,7-10H2,1H3,(H,25,26,27). The molecule has 7 nitrogen and oxygen atoms in total. The summed E-state index contributed by atoms with van der Waals surface area (Å²) < 4.78 is 1.07. The number of hydrogen-bond acceptors (Lipinski definition) is 7. The summed E-state index contributed by atoms with van der Waals surface area (Å²) >= 11 is 1.54. The minimum absolute atomic E-state index is 0.134. The Morgan fingerprint density at radius 2 is 1.94 bits per heavy atom. The normalized spacial score (nSPS) is 16.8. The van der Waals surface area contributed by atoms with Crippen LogP contribution in [0.5, 0.6) is 0 Å². The topological polar surface area (TPSA) is 85.2 Å². The van der Waals surface area contributed by atoms with E-state index in [2.05, 4.69) is 38.4 Å². The fourth-order valence-electron chi connectivity index (χ4n) is 4.33. The number of aromatic nitrogens is 2. The first-order valence-corrected chi connectivity index (χ1v) is 11.5. The maximum Gasteiger partial charge on any atom is 0.219 e. The molecule has 31 heavy (non-hydrogen) atoms. The molecule has 0 radical (unpaired) electrons. The van der Waals surface area contributed by atoms with Crippen LogP contribution in [0.15, 0.2) is 30.6 Å². The van der Waals surface area contributed by atoms with Gasteiger partial charge in [0.25, 0.3) is 0 Å². The summed E-state index contributed by atoms with van der Waals surface area (Å²) in [4.78, 5) is 25.6. The summed E-state index contributed by atoms with van der Waals surface area (Å²) in [5.41, 5.74) is 2.26. The number of piperazine rings is 1. The van der Waals surface area contributed by atoms with Gasteiger partial charge in [-0.05, 0) is 42.5 Å². The molecule has 158 valence electrons. The zero-order valence-corrected chi connectivity index (χ0v) is 18.3. The molecule has 0 atom stereocenters. The van der Waals surface area contributed by atoms with Crippen molar-refractivity contribution in [1.82, 2.24) is 14.9 Å². The fourth-order valence-corrected chi connectivity index (χ4v) is 5.37. The van der Waals surface area contributed by atoms with E-state index in [1.807, 2.05) is 23.4 Å². The van der Waals surface area contributed by atoms with Gasteiger partial charge in [-0.2, -0.15) is 5.26 Å². The van der Waals surface area contributed by atoms with Gasteiger partial charge in [0, 0.05) is 44.7 Å². The van der Waals surface area contributed by atoms with Crippen molar-refractivity contribution < 1.29 is 4.79 Å². The lowest BCUT2D eigenvalue weighted by Crippen LogP contribution is -2.48. The summed E-state index contributed by atoms with van der Waals surface area (Å²) in [6.07, 6.45) is 7.28. The van der Waals surface area contributed by atoms with Crippen molar-refractivity contribution in [3.05, 3.63) is 41.0 Å². The van der Waals surface area contributed by atoms with Gasteiger partial charge in [-0.25, -0.2) is 9.97 Å². The molecule has 1 aliphatic carbocycles. The van der Waals surface area contributed by atoms with Crippen molar-refractivity contribution in [1.29, 1.82) is 5.26 Å². The monoisotopic (exact) mass is 432 g/mol. The highest BCUT2D eigenvalue weighted by molar-refractivity contribution is 7.19. The highest BCUT2D eigenvalue weighted by atomic mass is 32.1. The minimum Gasteiger partial charge on any atom is -0.367 e. The predicted molar refractivity (Wildman–Crippen MR) is 123 cm³/mol. The van der Waals surface area contributed by atoms with E-state index in [1.165, 1.54) is 23.3 Å². The quantitative estimate of drug-likeness (QED) is 0.664. The van der Waals surface area contributed by atoms with E-state index in [4.69, 9.17) is 0 Å². The van der Waals surface area contributed by atoms with Crippen LogP contribution in [0.4, 0.5) is 17.3 Å². The second-order valence-electron chi connectivity index (χ2n) is 8.17. The molecule has 4 heterocycles. The Labute approximate surface area is 185 Å². The molecule has 0 unspecified atom stereocenters. The molecule has 8 heteroatoms. The van der Waals surface area contributed by atoms with E-state index in [1.54, 1.807) is 6.92 Å². The number of nitrogens with one attached hydrogen (secondary N) is 1. The van der Waals surface area contributed by atoms with Crippen LogP contribution >= 0.6 is 11.3 Å². The van der Waals surface area contributed by atoms with E-state index in [9.17, 15) is 10.1 Å². The van der Waals surface area contributed by atoms with Crippen LogP contribution in [0.2, 0.25) is 0 Å². The Kier molecular flexibility index (Phi) is 5.20. The van der Waals surface area contributed by atoms with Crippen molar-refractivity contribution >= 4 is 44.7 Å². The number of thiophene rings is 1. The van der Waals surface area contributed by atoms with E-state index in [-0.39, 0.29) is 5.91 Å². The van der Waals surface area contributed by atoms with Crippen LogP contribution in [-0.4, -0.2) is 47.0 Å². The Hall–Kier alpha value is -3.18. The summed E-state index contributed by atoms with van der Waals surface area (Å²) in [7, 11) is 0. The van der Waals surface area contributed by atoms with E-state index in [0.29, 0.717) is 5.92 Å². The van der Waals surface area contributed by atoms with Gasteiger partial charge in [-0.15, -0.1) is 11.3 Å². The molecule has 2 aliphatic rings. The summed E-state index contributed by atoms with van der Waals surface area (Å²) in [5.74, 6) is 2.11. The molecular weight excluding hydrogens is 408 g/mol. The van der Waals surface area contributed by atoms with Gasteiger partial charge in [-0.1, -0.05) is 6.42 Å². The van der Waals surface area contributed by atoms with Gasteiger partial charge in [-0.3, -0.25) is 4.79 Å². The molecule has 3 aromatic heterocycles. The number of pyridine rings is 2.